The topological polar surface area (TPSA) is 324 Å². The first-order valence-corrected chi connectivity index (χ1v) is 37.2. The van der Waals surface area contributed by atoms with Gasteiger partial charge in [-0.15, -0.1) is 0 Å². The van der Waals surface area contributed by atoms with E-state index in [-0.39, 0.29) is 35.4 Å². The highest BCUT2D eigenvalue weighted by Crippen LogP contribution is 2.38. The Balaban J connectivity index is 0.000000172. The number of carbonyl (C=O) groups excluding carboxylic acids is 8. The standard InChI is InChI=1S/2C28H36N4O6.C24H29N3O4/c1-28(2,3)38-27(35)30-13-15-37-17-16-36-14-5-6-19-8-9-20-21-7-4-12-29-25(21)32(23(20)18-19)22-10-11-24(33)31-26(22)34;1-28(2,3)38-27(35)30-14-16-37-18-17-36-15-6-7-19-12-13-29-25-24(19)20-8-4-5-9-21(20)32(25)22-10-11-23(33)31-26(22)34;1-2-11-30-13-14-31-12-5-6-17-15-19-18-7-3-4-8-20(18)27(23(19)25-16-17)21-9-10-22(28)26-24(21)29/h4,7-9,12,18,22H,5-6,10-11,13-17H2,1-3H3,(H,30,35)(H,31,33,34);4-5,8-9,12-13,22H,6-7,10-11,14-18H2,1-3H3,(H,30,35)(H,31,33,34);3-4,7-8,15-16,21H,2,5-6,9-14H2,1H3,(H,26,28,29). The van der Waals surface area contributed by atoms with Gasteiger partial charge in [0.2, 0.25) is 35.4 Å². The number of benzene rings is 3. The van der Waals surface area contributed by atoms with Crippen LogP contribution in [0.15, 0.2) is 110 Å². The molecule has 3 fully saturated rings. The molecule has 8 amide bonds. The molecule has 3 unspecified atom stereocenters. The molecule has 0 saturated carbocycles. The van der Waals surface area contributed by atoms with E-state index in [4.69, 9.17) is 42.9 Å². The second-order valence-electron chi connectivity index (χ2n) is 28.5. The Morgan fingerprint density at radius 3 is 1.41 bits per heavy atom. The molecule has 27 heteroatoms. The van der Waals surface area contributed by atoms with Crippen molar-refractivity contribution < 1.29 is 76.3 Å². The lowest BCUT2D eigenvalue weighted by Gasteiger charge is -2.23. The van der Waals surface area contributed by atoms with Gasteiger partial charge in [0, 0.05) is 110 Å². The number of ether oxygens (including phenoxy) is 8. The van der Waals surface area contributed by atoms with Crippen molar-refractivity contribution in [3.05, 3.63) is 126 Å². The number of carbonyl (C=O) groups is 8. The zero-order chi connectivity index (χ0) is 75.9. The van der Waals surface area contributed by atoms with Gasteiger partial charge in [0.15, 0.2) is 0 Å². The number of para-hydroxylation sites is 2. The molecule has 0 spiro atoms. The van der Waals surface area contributed by atoms with E-state index in [1.807, 2.05) is 116 Å². The van der Waals surface area contributed by atoms with Gasteiger partial charge in [-0.1, -0.05) is 55.5 Å². The van der Waals surface area contributed by atoms with Crippen molar-refractivity contribution in [1.82, 2.24) is 55.2 Å². The van der Waals surface area contributed by atoms with Crippen LogP contribution >= 0.6 is 0 Å². The largest absolute Gasteiger partial charge is 0.444 e. The number of hydrogen-bond donors (Lipinski definition) is 5. The molecule has 3 aliphatic heterocycles. The van der Waals surface area contributed by atoms with Gasteiger partial charge >= 0.3 is 12.2 Å². The first-order valence-electron chi connectivity index (χ1n) is 37.2. The predicted molar refractivity (Wildman–Crippen MR) is 405 cm³/mol. The third-order valence-corrected chi connectivity index (χ3v) is 18.0. The summed E-state index contributed by atoms with van der Waals surface area (Å²) >= 11 is 0. The van der Waals surface area contributed by atoms with E-state index in [0.717, 1.165) is 134 Å². The van der Waals surface area contributed by atoms with E-state index in [2.05, 4.69) is 79.9 Å². The molecule has 12 rings (SSSR count). The Morgan fingerprint density at radius 1 is 0.439 bits per heavy atom. The lowest BCUT2D eigenvalue weighted by Crippen LogP contribution is -2.41. The maximum atomic E-state index is 12.7. The number of hydrogen-bond acceptors (Lipinski definition) is 19. The zero-order valence-electron chi connectivity index (χ0n) is 62.4. The number of amides is 8. The minimum atomic E-state index is -0.522. The number of imide groups is 3. The van der Waals surface area contributed by atoms with Gasteiger partial charge in [0.1, 0.15) is 46.3 Å². The van der Waals surface area contributed by atoms with Gasteiger partial charge in [-0.3, -0.25) is 44.7 Å². The summed E-state index contributed by atoms with van der Waals surface area (Å²) in [5.74, 6) is -1.51. The molecule has 0 aliphatic carbocycles. The van der Waals surface area contributed by atoms with Crippen LogP contribution in [-0.2, 0) is 85.9 Å². The summed E-state index contributed by atoms with van der Waals surface area (Å²) in [7, 11) is 0. The van der Waals surface area contributed by atoms with Crippen molar-refractivity contribution in [2.24, 2.45) is 0 Å². The minimum Gasteiger partial charge on any atom is -0.444 e. The molecule has 9 aromatic rings. The Kier molecular flexibility index (Phi) is 28.8. The van der Waals surface area contributed by atoms with Gasteiger partial charge in [0.05, 0.1) is 69.4 Å². The smallest absolute Gasteiger partial charge is 0.407 e. The Hall–Kier alpha value is -9.77. The number of piperidine rings is 3. The summed E-state index contributed by atoms with van der Waals surface area (Å²) in [4.78, 5) is 110. The third kappa shape index (κ3) is 22.2. The monoisotopic (exact) mass is 1470 g/mol. The number of aromatic nitrogens is 6. The molecule has 3 aromatic carbocycles. The highest BCUT2D eigenvalue weighted by atomic mass is 16.6. The summed E-state index contributed by atoms with van der Waals surface area (Å²) in [5.41, 5.74) is 7.52. The average molecular weight is 1470 g/mol. The van der Waals surface area contributed by atoms with Crippen LogP contribution in [0.5, 0.6) is 0 Å². The lowest BCUT2D eigenvalue weighted by molar-refractivity contribution is -0.137. The van der Waals surface area contributed by atoms with Gasteiger partial charge in [-0.25, -0.2) is 24.5 Å². The van der Waals surface area contributed by atoms with Crippen molar-refractivity contribution in [1.29, 1.82) is 0 Å². The maximum absolute atomic E-state index is 12.7. The van der Waals surface area contributed by atoms with Crippen LogP contribution in [0.3, 0.4) is 0 Å². The van der Waals surface area contributed by atoms with Gasteiger partial charge in [-0.2, -0.15) is 0 Å². The number of aryl methyl sites for hydroxylation is 3. The fourth-order valence-electron chi connectivity index (χ4n) is 13.4. The maximum Gasteiger partial charge on any atom is 0.407 e. The predicted octanol–water partition coefficient (Wildman–Crippen LogP) is 10.9. The summed E-state index contributed by atoms with van der Waals surface area (Å²) in [5, 5.41) is 18.9. The molecule has 3 aliphatic rings. The molecular formula is C80H101N11O16. The Morgan fingerprint density at radius 2 is 0.879 bits per heavy atom. The van der Waals surface area contributed by atoms with Crippen LogP contribution in [0, 0.1) is 0 Å². The van der Waals surface area contributed by atoms with Crippen molar-refractivity contribution in [2.45, 2.75) is 161 Å². The molecule has 6 aromatic heterocycles. The number of pyridine rings is 3. The number of nitrogens with zero attached hydrogens (tertiary/aromatic N) is 6. The molecule has 27 nitrogen and oxygen atoms in total. The number of nitrogens with one attached hydrogen (secondary N) is 5. The lowest BCUT2D eigenvalue weighted by atomic mass is 10.0. The van der Waals surface area contributed by atoms with Crippen LogP contribution in [0.25, 0.3) is 65.8 Å². The molecule has 3 saturated heterocycles. The average Bonchev–Trinajstić information content (AvgIpc) is 1.61. The molecule has 572 valence electrons. The van der Waals surface area contributed by atoms with E-state index in [1.165, 1.54) is 0 Å². The molecule has 3 atom stereocenters. The molecule has 107 heavy (non-hydrogen) atoms. The van der Waals surface area contributed by atoms with Crippen LogP contribution in [0.4, 0.5) is 9.59 Å². The zero-order valence-corrected chi connectivity index (χ0v) is 62.4. The summed E-state index contributed by atoms with van der Waals surface area (Å²) in [6.45, 7) is 20.2. The fraction of sp³-hybridized carbons (Fsp3) is 0.487. The minimum absolute atomic E-state index is 0.212. The van der Waals surface area contributed by atoms with Crippen LogP contribution < -0.4 is 26.6 Å². The van der Waals surface area contributed by atoms with Gasteiger partial charge in [-0.05, 0) is 165 Å². The van der Waals surface area contributed by atoms with Crippen molar-refractivity contribution in [3.63, 3.8) is 0 Å². The Bertz CT molecular complexity index is 4530. The number of fused-ring (bicyclic) bond motifs is 9. The van der Waals surface area contributed by atoms with Gasteiger partial charge in [0.25, 0.3) is 0 Å². The third-order valence-electron chi connectivity index (χ3n) is 18.0. The van der Waals surface area contributed by atoms with E-state index >= 15 is 0 Å². The second-order valence-corrected chi connectivity index (χ2v) is 28.5. The molecule has 0 radical (unpaired) electrons. The van der Waals surface area contributed by atoms with Crippen LogP contribution in [-0.4, -0.2) is 180 Å². The Labute approximate surface area is 622 Å². The quantitative estimate of drug-likeness (QED) is 0.0193. The van der Waals surface area contributed by atoms with Gasteiger partial charge < -0.3 is 62.2 Å². The summed E-state index contributed by atoms with van der Waals surface area (Å²) < 4.78 is 49.7. The molecule has 9 heterocycles. The molecular weight excluding hydrogens is 1370 g/mol. The van der Waals surface area contributed by atoms with E-state index < -0.39 is 41.5 Å². The highest BCUT2D eigenvalue weighted by Gasteiger charge is 2.34. The second kappa shape index (κ2) is 38.7. The first-order chi connectivity index (χ1) is 51.7. The SMILES string of the molecule is CC(C)(C)OC(=O)NCCOCCOCCCc1ccc2c3cccnc3n(C3CCC(=O)NC3=O)c2c1.CC(C)(C)OC(=O)NCCOCCOCCCc1ccnc2c1c1ccccc1n2C1CCC(=O)NC1=O.CCCOCCOCCCc1cnc2c(c1)c1ccccc1n2C1CCC(=O)NC1=O. The normalized spacial score (nSPS) is 16.3. The summed E-state index contributed by atoms with van der Waals surface area (Å²) in [6, 6.07) is 29.0. The van der Waals surface area contributed by atoms with E-state index in [1.54, 1.807) is 12.4 Å². The van der Waals surface area contributed by atoms with Crippen molar-refractivity contribution >= 4 is 113 Å². The fourth-order valence-corrected chi connectivity index (χ4v) is 13.4. The highest BCUT2D eigenvalue weighted by molar-refractivity contribution is 6.12. The van der Waals surface area contributed by atoms with Crippen molar-refractivity contribution in [2.75, 3.05) is 92.4 Å². The first kappa shape index (κ1) is 79.8. The van der Waals surface area contributed by atoms with E-state index in [0.29, 0.717) is 124 Å². The van der Waals surface area contributed by atoms with Crippen molar-refractivity contribution in [3.8, 4) is 0 Å². The number of alkyl carbamates (subject to hydrolysis) is 2. The molecule has 5 N–H and O–H groups in total. The van der Waals surface area contributed by atoms with Crippen LogP contribution in [0.1, 0.15) is 147 Å². The summed E-state index contributed by atoms with van der Waals surface area (Å²) in [6.07, 6.45) is 12.9. The van der Waals surface area contributed by atoms with Crippen LogP contribution in [0.2, 0.25) is 0 Å². The number of rotatable bonds is 32. The molecule has 0 bridgehead atoms. The van der Waals surface area contributed by atoms with E-state index in [9.17, 15) is 38.4 Å².